The number of nitrogens with zero attached hydrogens (tertiary/aromatic N) is 1. The van der Waals surface area contributed by atoms with Crippen LogP contribution in [0.15, 0.2) is 45.0 Å². The van der Waals surface area contributed by atoms with Gasteiger partial charge in [-0.2, -0.15) is 0 Å². The second-order valence-corrected chi connectivity index (χ2v) is 5.43. The summed E-state index contributed by atoms with van der Waals surface area (Å²) in [5.74, 6) is 0.285. The summed E-state index contributed by atoms with van der Waals surface area (Å²) in [6, 6.07) is 6.40. The van der Waals surface area contributed by atoms with Crippen LogP contribution < -0.4 is 5.73 Å². The standard InChI is InChI=1S/C11H12N2O3S/c1-8-11(13-7-16-8)17(14,15)10-4-2-9(6-12)3-5-10/h2-5,7H,6,12H2,1H3. The average molecular weight is 252 g/mol. The Morgan fingerprint density at radius 2 is 1.94 bits per heavy atom. The molecule has 1 heterocycles. The maximum absolute atomic E-state index is 12.2. The second kappa shape index (κ2) is 4.31. The molecule has 90 valence electrons. The van der Waals surface area contributed by atoms with E-state index in [4.69, 9.17) is 10.2 Å². The molecule has 0 aliphatic carbocycles. The molecule has 2 rings (SSSR count). The second-order valence-electron chi connectivity index (χ2n) is 3.57. The Morgan fingerprint density at radius 3 is 2.41 bits per heavy atom. The van der Waals surface area contributed by atoms with Crippen molar-refractivity contribution in [2.45, 2.75) is 23.4 Å². The van der Waals surface area contributed by atoms with Crippen molar-refractivity contribution in [1.29, 1.82) is 0 Å². The van der Waals surface area contributed by atoms with Gasteiger partial charge >= 0.3 is 0 Å². The van der Waals surface area contributed by atoms with Gasteiger partial charge in [0, 0.05) is 6.54 Å². The number of aromatic nitrogens is 1. The van der Waals surface area contributed by atoms with E-state index in [2.05, 4.69) is 4.98 Å². The monoisotopic (exact) mass is 252 g/mol. The van der Waals surface area contributed by atoms with Gasteiger partial charge in [-0.25, -0.2) is 13.4 Å². The van der Waals surface area contributed by atoms with E-state index in [1.165, 1.54) is 12.1 Å². The summed E-state index contributed by atoms with van der Waals surface area (Å²) < 4.78 is 29.2. The van der Waals surface area contributed by atoms with E-state index in [-0.39, 0.29) is 15.7 Å². The van der Waals surface area contributed by atoms with E-state index in [0.717, 1.165) is 12.0 Å². The molecule has 1 aromatic carbocycles. The van der Waals surface area contributed by atoms with Crippen molar-refractivity contribution >= 4 is 9.84 Å². The fraction of sp³-hybridized carbons (Fsp3) is 0.182. The van der Waals surface area contributed by atoms with Gasteiger partial charge in [0.1, 0.15) is 5.76 Å². The summed E-state index contributed by atoms with van der Waals surface area (Å²) in [5, 5.41) is -0.0435. The first kappa shape index (κ1) is 11.8. The molecule has 0 unspecified atom stereocenters. The molecule has 0 aliphatic rings. The van der Waals surface area contributed by atoms with Crippen molar-refractivity contribution in [3.63, 3.8) is 0 Å². The zero-order chi connectivity index (χ0) is 12.5. The molecule has 0 aliphatic heterocycles. The van der Waals surface area contributed by atoms with Crippen LogP contribution in [0.2, 0.25) is 0 Å². The highest BCUT2D eigenvalue weighted by molar-refractivity contribution is 7.91. The first-order valence-corrected chi connectivity index (χ1v) is 6.48. The lowest BCUT2D eigenvalue weighted by Gasteiger charge is -2.03. The SMILES string of the molecule is Cc1ocnc1S(=O)(=O)c1ccc(CN)cc1. The molecule has 17 heavy (non-hydrogen) atoms. The largest absolute Gasteiger partial charge is 0.447 e. The Balaban J connectivity index is 2.49. The van der Waals surface area contributed by atoms with Crippen molar-refractivity contribution in [1.82, 2.24) is 4.98 Å². The molecule has 0 spiro atoms. The van der Waals surface area contributed by atoms with Crippen LogP contribution in [0.25, 0.3) is 0 Å². The molecule has 6 heteroatoms. The Kier molecular flexibility index (Phi) is 2.99. The lowest BCUT2D eigenvalue weighted by molar-refractivity contribution is 0.519. The Morgan fingerprint density at radius 1 is 1.29 bits per heavy atom. The lowest BCUT2D eigenvalue weighted by atomic mass is 10.2. The Labute approximate surface area is 99.2 Å². The van der Waals surface area contributed by atoms with Crippen LogP contribution in [-0.4, -0.2) is 13.4 Å². The quantitative estimate of drug-likeness (QED) is 0.889. The third-order valence-electron chi connectivity index (χ3n) is 2.42. The smallest absolute Gasteiger partial charge is 0.227 e. The normalized spacial score (nSPS) is 11.6. The number of oxazole rings is 1. The fourth-order valence-corrected chi connectivity index (χ4v) is 2.80. The number of hydrogen-bond acceptors (Lipinski definition) is 5. The molecule has 0 radical (unpaired) electrons. The maximum atomic E-state index is 12.2. The molecule has 1 aromatic heterocycles. The first-order chi connectivity index (χ1) is 8.05. The minimum absolute atomic E-state index is 0.0435. The number of benzene rings is 1. The van der Waals surface area contributed by atoms with Crippen LogP contribution >= 0.6 is 0 Å². The highest BCUT2D eigenvalue weighted by Gasteiger charge is 2.23. The third-order valence-corrected chi connectivity index (χ3v) is 4.22. The maximum Gasteiger partial charge on any atom is 0.227 e. The molecular formula is C11H12N2O3S. The molecule has 0 atom stereocenters. The molecule has 5 nitrogen and oxygen atoms in total. The Hall–Kier alpha value is -1.66. The first-order valence-electron chi connectivity index (χ1n) is 5.00. The topological polar surface area (TPSA) is 86.2 Å². The summed E-state index contributed by atoms with van der Waals surface area (Å²) in [6.07, 6.45) is 1.12. The predicted octanol–water partition coefficient (Wildman–Crippen LogP) is 1.27. The van der Waals surface area contributed by atoms with Crippen molar-refractivity contribution < 1.29 is 12.8 Å². The minimum Gasteiger partial charge on any atom is -0.447 e. The van der Waals surface area contributed by atoms with Gasteiger partial charge in [0.2, 0.25) is 14.9 Å². The lowest BCUT2D eigenvalue weighted by Crippen LogP contribution is -2.04. The summed E-state index contributed by atoms with van der Waals surface area (Å²) >= 11 is 0. The fourth-order valence-electron chi connectivity index (χ4n) is 1.47. The van der Waals surface area contributed by atoms with E-state index in [1.54, 1.807) is 19.1 Å². The molecule has 2 N–H and O–H groups in total. The molecule has 0 saturated heterocycles. The van der Waals surface area contributed by atoms with Gasteiger partial charge in [-0.1, -0.05) is 12.1 Å². The average Bonchev–Trinajstić information content (AvgIpc) is 2.76. The molecule has 2 aromatic rings. The van der Waals surface area contributed by atoms with Crippen LogP contribution in [0.4, 0.5) is 0 Å². The number of hydrogen-bond donors (Lipinski definition) is 1. The van der Waals surface area contributed by atoms with Gasteiger partial charge < -0.3 is 10.2 Å². The van der Waals surface area contributed by atoms with Gasteiger partial charge in [0.25, 0.3) is 0 Å². The molecule has 0 fully saturated rings. The van der Waals surface area contributed by atoms with Crippen molar-refractivity contribution in [3.8, 4) is 0 Å². The molecule has 0 saturated carbocycles. The zero-order valence-corrected chi connectivity index (χ0v) is 10.1. The van der Waals surface area contributed by atoms with Crippen molar-refractivity contribution in [2.75, 3.05) is 0 Å². The van der Waals surface area contributed by atoms with E-state index in [1.807, 2.05) is 0 Å². The van der Waals surface area contributed by atoms with E-state index in [9.17, 15) is 8.42 Å². The van der Waals surface area contributed by atoms with Crippen molar-refractivity contribution in [3.05, 3.63) is 42.0 Å². The Bertz CT molecular complexity index is 614. The highest BCUT2D eigenvalue weighted by Crippen LogP contribution is 2.22. The van der Waals surface area contributed by atoms with Crippen LogP contribution in [0, 0.1) is 6.92 Å². The number of rotatable bonds is 3. The molecule has 0 amide bonds. The number of nitrogens with two attached hydrogens (primary N) is 1. The van der Waals surface area contributed by atoms with Crippen LogP contribution in [0.3, 0.4) is 0 Å². The molecule has 0 bridgehead atoms. The summed E-state index contributed by atoms with van der Waals surface area (Å²) in [6.45, 7) is 1.94. The van der Waals surface area contributed by atoms with E-state index in [0.29, 0.717) is 6.54 Å². The van der Waals surface area contributed by atoms with Crippen LogP contribution in [0.5, 0.6) is 0 Å². The van der Waals surface area contributed by atoms with E-state index < -0.39 is 9.84 Å². The van der Waals surface area contributed by atoms with Gasteiger partial charge in [0.15, 0.2) is 6.39 Å². The van der Waals surface area contributed by atoms with Gasteiger partial charge in [-0.3, -0.25) is 0 Å². The van der Waals surface area contributed by atoms with Gasteiger partial charge in [-0.15, -0.1) is 0 Å². The van der Waals surface area contributed by atoms with Gasteiger partial charge in [-0.05, 0) is 24.6 Å². The predicted molar refractivity (Wildman–Crippen MR) is 61.0 cm³/mol. The van der Waals surface area contributed by atoms with Gasteiger partial charge in [0.05, 0.1) is 4.90 Å². The summed E-state index contributed by atoms with van der Waals surface area (Å²) in [4.78, 5) is 3.91. The number of aryl methyl sites for hydroxylation is 1. The summed E-state index contributed by atoms with van der Waals surface area (Å²) in [7, 11) is -3.60. The zero-order valence-electron chi connectivity index (χ0n) is 9.25. The third kappa shape index (κ3) is 2.09. The number of sulfone groups is 1. The van der Waals surface area contributed by atoms with Crippen LogP contribution in [-0.2, 0) is 16.4 Å². The summed E-state index contributed by atoms with van der Waals surface area (Å²) in [5.41, 5.74) is 6.33. The minimum atomic E-state index is -3.60. The highest BCUT2D eigenvalue weighted by atomic mass is 32.2. The van der Waals surface area contributed by atoms with Crippen LogP contribution in [0.1, 0.15) is 11.3 Å². The van der Waals surface area contributed by atoms with E-state index >= 15 is 0 Å². The molecular weight excluding hydrogens is 240 g/mol. The van der Waals surface area contributed by atoms with Crippen molar-refractivity contribution in [2.24, 2.45) is 5.73 Å².